The van der Waals surface area contributed by atoms with E-state index >= 15 is 0 Å². The van der Waals surface area contributed by atoms with Gasteiger partial charge in [0, 0.05) is 29.5 Å². The van der Waals surface area contributed by atoms with E-state index in [2.05, 4.69) is 9.97 Å². The molecular formula is C12H12N4O2. The highest BCUT2D eigenvalue weighted by Crippen LogP contribution is 2.20. The summed E-state index contributed by atoms with van der Waals surface area (Å²) >= 11 is 0. The Hall–Kier alpha value is -2.50. The van der Waals surface area contributed by atoms with Crippen LogP contribution in [0.1, 0.15) is 12.6 Å². The molecule has 0 aliphatic carbocycles. The third-order valence-corrected chi connectivity index (χ3v) is 2.50. The summed E-state index contributed by atoms with van der Waals surface area (Å²) in [4.78, 5) is 18.6. The summed E-state index contributed by atoms with van der Waals surface area (Å²) in [5.74, 6) is 0.886. The van der Waals surface area contributed by atoms with Crippen molar-refractivity contribution in [3.8, 4) is 11.4 Å². The van der Waals surface area contributed by atoms with Crippen molar-refractivity contribution in [3.63, 3.8) is 0 Å². The molecule has 1 heterocycles. The number of benzene rings is 1. The number of nitro groups is 1. The average molecular weight is 244 g/mol. The first-order valence-electron chi connectivity index (χ1n) is 5.48. The van der Waals surface area contributed by atoms with Gasteiger partial charge in [-0.2, -0.15) is 0 Å². The summed E-state index contributed by atoms with van der Waals surface area (Å²) in [7, 11) is 0. The van der Waals surface area contributed by atoms with Crippen LogP contribution in [0.25, 0.3) is 11.4 Å². The molecule has 2 aromatic rings. The number of nitro benzene ring substituents is 1. The second-order valence-corrected chi connectivity index (χ2v) is 3.77. The van der Waals surface area contributed by atoms with E-state index in [4.69, 9.17) is 5.73 Å². The number of rotatable bonds is 3. The van der Waals surface area contributed by atoms with E-state index in [1.54, 1.807) is 18.2 Å². The van der Waals surface area contributed by atoms with Gasteiger partial charge in [-0.3, -0.25) is 10.1 Å². The molecule has 0 aliphatic rings. The molecule has 0 bridgehead atoms. The molecule has 0 fully saturated rings. The Bertz CT molecular complexity index is 581. The van der Waals surface area contributed by atoms with Crippen LogP contribution in [0.4, 0.5) is 11.5 Å². The minimum absolute atomic E-state index is 0.0402. The standard InChI is InChI=1S/C12H12N4O2/c1-2-9-7-11(13)15-12(14-9)8-3-5-10(6-4-8)16(17)18/h3-7H,2H2,1H3,(H2,13,14,15). The zero-order chi connectivity index (χ0) is 13.1. The van der Waals surface area contributed by atoms with Crippen LogP contribution in [0, 0.1) is 10.1 Å². The van der Waals surface area contributed by atoms with Crippen LogP contribution in [0.5, 0.6) is 0 Å². The van der Waals surface area contributed by atoms with Crippen molar-refractivity contribution >= 4 is 11.5 Å². The van der Waals surface area contributed by atoms with Gasteiger partial charge >= 0.3 is 0 Å². The van der Waals surface area contributed by atoms with Crippen molar-refractivity contribution in [1.29, 1.82) is 0 Å². The van der Waals surface area contributed by atoms with Crippen LogP contribution >= 0.6 is 0 Å². The number of anilines is 1. The lowest BCUT2D eigenvalue weighted by Crippen LogP contribution is -1.99. The van der Waals surface area contributed by atoms with E-state index < -0.39 is 4.92 Å². The van der Waals surface area contributed by atoms with Crippen molar-refractivity contribution in [2.75, 3.05) is 5.73 Å². The van der Waals surface area contributed by atoms with Crippen molar-refractivity contribution in [1.82, 2.24) is 9.97 Å². The van der Waals surface area contributed by atoms with Gasteiger partial charge in [-0.15, -0.1) is 0 Å². The molecule has 2 rings (SSSR count). The largest absolute Gasteiger partial charge is 0.384 e. The second-order valence-electron chi connectivity index (χ2n) is 3.77. The van der Waals surface area contributed by atoms with Crippen LogP contribution in [0.3, 0.4) is 0 Å². The molecule has 6 heteroatoms. The smallest absolute Gasteiger partial charge is 0.269 e. The fourth-order valence-corrected chi connectivity index (χ4v) is 1.56. The topological polar surface area (TPSA) is 94.9 Å². The van der Waals surface area contributed by atoms with Crippen LogP contribution in [0.2, 0.25) is 0 Å². The zero-order valence-corrected chi connectivity index (χ0v) is 9.83. The van der Waals surface area contributed by atoms with Gasteiger partial charge in [-0.25, -0.2) is 9.97 Å². The lowest BCUT2D eigenvalue weighted by molar-refractivity contribution is -0.384. The summed E-state index contributed by atoms with van der Waals surface area (Å²) in [6, 6.07) is 7.80. The number of non-ortho nitro benzene ring substituents is 1. The Labute approximate surface area is 104 Å². The van der Waals surface area contributed by atoms with Gasteiger partial charge in [0.05, 0.1) is 4.92 Å². The van der Waals surface area contributed by atoms with E-state index in [0.29, 0.717) is 17.2 Å². The Balaban J connectivity index is 2.42. The lowest BCUT2D eigenvalue weighted by atomic mass is 10.2. The Morgan fingerprint density at radius 1 is 1.28 bits per heavy atom. The quantitative estimate of drug-likeness (QED) is 0.659. The first-order chi connectivity index (χ1) is 8.60. The summed E-state index contributed by atoms with van der Waals surface area (Å²) in [5, 5.41) is 10.6. The highest BCUT2D eigenvalue weighted by molar-refractivity contribution is 5.59. The molecular weight excluding hydrogens is 232 g/mol. The maximum atomic E-state index is 10.6. The second kappa shape index (κ2) is 4.79. The molecule has 0 aliphatic heterocycles. The predicted octanol–water partition coefficient (Wildman–Crippen LogP) is 2.20. The molecule has 0 spiro atoms. The van der Waals surface area contributed by atoms with Gasteiger partial charge in [-0.05, 0) is 18.6 Å². The predicted molar refractivity (Wildman–Crippen MR) is 67.9 cm³/mol. The van der Waals surface area contributed by atoms with Gasteiger partial charge in [0.2, 0.25) is 0 Å². The van der Waals surface area contributed by atoms with E-state index in [1.165, 1.54) is 12.1 Å². The van der Waals surface area contributed by atoms with Gasteiger partial charge in [0.25, 0.3) is 5.69 Å². The van der Waals surface area contributed by atoms with Gasteiger partial charge in [-0.1, -0.05) is 6.92 Å². The Morgan fingerprint density at radius 2 is 1.94 bits per heavy atom. The summed E-state index contributed by atoms with van der Waals surface area (Å²) in [6.07, 6.45) is 0.757. The first-order valence-corrected chi connectivity index (χ1v) is 5.48. The Kier molecular flexibility index (Phi) is 3.18. The fourth-order valence-electron chi connectivity index (χ4n) is 1.56. The maximum absolute atomic E-state index is 10.6. The highest BCUT2D eigenvalue weighted by atomic mass is 16.6. The van der Waals surface area contributed by atoms with Crippen molar-refractivity contribution in [2.24, 2.45) is 0 Å². The molecule has 0 atom stereocenters. The van der Waals surface area contributed by atoms with Crippen molar-refractivity contribution < 1.29 is 4.92 Å². The molecule has 18 heavy (non-hydrogen) atoms. The number of nitrogens with two attached hydrogens (primary N) is 1. The normalized spacial score (nSPS) is 10.3. The minimum Gasteiger partial charge on any atom is -0.384 e. The SMILES string of the molecule is CCc1cc(N)nc(-c2ccc([N+](=O)[O-])cc2)n1. The molecule has 0 saturated heterocycles. The van der Waals surface area contributed by atoms with Crippen molar-refractivity contribution in [3.05, 3.63) is 46.1 Å². The fraction of sp³-hybridized carbons (Fsp3) is 0.167. The van der Waals surface area contributed by atoms with E-state index in [0.717, 1.165) is 12.1 Å². The molecule has 1 aromatic heterocycles. The van der Waals surface area contributed by atoms with Crippen LogP contribution in [-0.2, 0) is 6.42 Å². The molecule has 1 aromatic carbocycles. The van der Waals surface area contributed by atoms with Crippen LogP contribution in [0.15, 0.2) is 30.3 Å². The van der Waals surface area contributed by atoms with Crippen LogP contribution in [-0.4, -0.2) is 14.9 Å². The van der Waals surface area contributed by atoms with E-state index in [-0.39, 0.29) is 5.69 Å². The van der Waals surface area contributed by atoms with Crippen molar-refractivity contribution in [2.45, 2.75) is 13.3 Å². The molecule has 0 amide bonds. The minimum atomic E-state index is -0.443. The third kappa shape index (κ3) is 2.42. The third-order valence-electron chi connectivity index (χ3n) is 2.50. The number of aryl methyl sites for hydroxylation is 1. The molecule has 0 unspecified atom stereocenters. The monoisotopic (exact) mass is 244 g/mol. The summed E-state index contributed by atoms with van der Waals surface area (Å²) in [5.41, 5.74) is 7.29. The van der Waals surface area contributed by atoms with Gasteiger partial charge < -0.3 is 5.73 Å². The van der Waals surface area contributed by atoms with Gasteiger partial charge in [0.15, 0.2) is 5.82 Å². The summed E-state index contributed by atoms with van der Waals surface area (Å²) in [6.45, 7) is 1.97. The molecule has 0 saturated carbocycles. The number of hydrogen-bond donors (Lipinski definition) is 1. The zero-order valence-electron chi connectivity index (χ0n) is 9.83. The maximum Gasteiger partial charge on any atom is 0.269 e. The van der Waals surface area contributed by atoms with Crippen LogP contribution < -0.4 is 5.73 Å². The van der Waals surface area contributed by atoms with E-state index in [1.807, 2.05) is 6.92 Å². The number of hydrogen-bond acceptors (Lipinski definition) is 5. The Morgan fingerprint density at radius 3 is 2.50 bits per heavy atom. The summed E-state index contributed by atoms with van der Waals surface area (Å²) < 4.78 is 0. The molecule has 6 nitrogen and oxygen atoms in total. The molecule has 2 N–H and O–H groups in total. The average Bonchev–Trinajstić information content (AvgIpc) is 2.38. The first kappa shape index (κ1) is 12.0. The number of aromatic nitrogens is 2. The number of nitrogen functional groups attached to an aromatic ring is 1. The molecule has 0 radical (unpaired) electrons. The molecule has 92 valence electrons. The highest BCUT2D eigenvalue weighted by Gasteiger charge is 2.08. The lowest BCUT2D eigenvalue weighted by Gasteiger charge is -2.04. The van der Waals surface area contributed by atoms with E-state index in [9.17, 15) is 10.1 Å². The number of nitrogens with zero attached hydrogens (tertiary/aromatic N) is 3. The van der Waals surface area contributed by atoms with Gasteiger partial charge in [0.1, 0.15) is 5.82 Å².